The van der Waals surface area contributed by atoms with Gasteiger partial charge in [0.1, 0.15) is 0 Å². The highest BCUT2D eigenvalue weighted by Gasteiger charge is 2.07. The Labute approximate surface area is 118 Å². The number of rotatable bonds is 4. The van der Waals surface area contributed by atoms with Crippen LogP contribution in [0.4, 0.5) is 0 Å². The average Bonchev–Trinajstić information content (AvgIpc) is 2.38. The molecule has 0 bridgehead atoms. The molecule has 0 radical (unpaired) electrons. The summed E-state index contributed by atoms with van der Waals surface area (Å²) >= 11 is 12.0. The van der Waals surface area contributed by atoms with Gasteiger partial charge in [0, 0.05) is 16.1 Å². The predicted octanol–water partition coefficient (Wildman–Crippen LogP) is 4.63. The lowest BCUT2D eigenvalue weighted by Gasteiger charge is -2.12. The second kappa shape index (κ2) is 6.24. The molecule has 2 rings (SSSR count). The first kappa shape index (κ1) is 13.4. The quantitative estimate of drug-likeness (QED) is 0.868. The standard InChI is InChI=1S/C15H15Cl2N/c16-13-8-5-12(6-9-13)15(18)10-7-11-3-1-2-4-14(11)17/h1-6,8-9,15H,7,10,18H2. The van der Waals surface area contributed by atoms with Crippen molar-refractivity contribution in [3.8, 4) is 0 Å². The maximum absolute atomic E-state index is 6.16. The van der Waals surface area contributed by atoms with E-state index in [2.05, 4.69) is 0 Å². The van der Waals surface area contributed by atoms with E-state index in [1.54, 1.807) is 0 Å². The Bertz CT molecular complexity index is 508. The lowest BCUT2D eigenvalue weighted by atomic mass is 10.00. The fourth-order valence-electron chi connectivity index (χ4n) is 1.89. The van der Waals surface area contributed by atoms with Gasteiger partial charge in [0.15, 0.2) is 0 Å². The first-order valence-corrected chi connectivity index (χ1v) is 6.67. The number of hydrogen-bond donors (Lipinski definition) is 1. The maximum atomic E-state index is 6.16. The molecule has 1 unspecified atom stereocenters. The van der Waals surface area contributed by atoms with Crippen molar-refractivity contribution >= 4 is 23.2 Å². The highest BCUT2D eigenvalue weighted by atomic mass is 35.5. The summed E-state index contributed by atoms with van der Waals surface area (Å²) in [6.07, 6.45) is 1.74. The molecule has 3 heteroatoms. The average molecular weight is 280 g/mol. The van der Waals surface area contributed by atoms with Crippen LogP contribution in [-0.2, 0) is 6.42 Å². The molecular weight excluding hydrogens is 265 g/mol. The molecule has 18 heavy (non-hydrogen) atoms. The Morgan fingerprint density at radius 2 is 1.61 bits per heavy atom. The lowest BCUT2D eigenvalue weighted by Crippen LogP contribution is -2.11. The smallest absolute Gasteiger partial charge is 0.0437 e. The van der Waals surface area contributed by atoms with Gasteiger partial charge in [-0.2, -0.15) is 0 Å². The van der Waals surface area contributed by atoms with Crippen molar-refractivity contribution in [3.05, 3.63) is 69.7 Å². The summed E-state index contributed by atoms with van der Waals surface area (Å²) in [5.74, 6) is 0. The second-order valence-electron chi connectivity index (χ2n) is 4.29. The van der Waals surface area contributed by atoms with E-state index in [4.69, 9.17) is 28.9 Å². The Balaban J connectivity index is 1.98. The molecule has 0 fully saturated rings. The molecule has 2 N–H and O–H groups in total. The van der Waals surface area contributed by atoms with E-state index in [9.17, 15) is 0 Å². The number of nitrogens with two attached hydrogens (primary N) is 1. The van der Waals surface area contributed by atoms with E-state index in [0.717, 1.165) is 34.0 Å². The molecule has 0 aromatic heterocycles. The molecule has 0 aliphatic rings. The van der Waals surface area contributed by atoms with Gasteiger partial charge in [0.05, 0.1) is 0 Å². The summed E-state index contributed by atoms with van der Waals surface area (Å²) in [7, 11) is 0. The molecule has 0 heterocycles. The van der Waals surface area contributed by atoms with Crippen molar-refractivity contribution in [1.82, 2.24) is 0 Å². The molecule has 0 spiro atoms. The van der Waals surface area contributed by atoms with Crippen molar-refractivity contribution in [2.75, 3.05) is 0 Å². The minimum Gasteiger partial charge on any atom is -0.324 e. The Kier molecular flexibility index (Phi) is 4.65. The molecular formula is C15H15Cl2N. The van der Waals surface area contributed by atoms with Gasteiger partial charge in [-0.25, -0.2) is 0 Å². The SMILES string of the molecule is NC(CCc1ccccc1Cl)c1ccc(Cl)cc1. The third kappa shape index (κ3) is 3.49. The predicted molar refractivity (Wildman–Crippen MR) is 78.2 cm³/mol. The van der Waals surface area contributed by atoms with E-state index in [1.165, 1.54) is 0 Å². The van der Waals surface area contributed by atoms with Crippen LogP contribution in [0.1, 0.15) is 23.6 Å². The molecule has 2 aromatic rings. The Morgan fingerprint density at radius 3 is 2.28 bits per heavy atom. The van der Waals surface area contributed by atoms with Crippen LogP contribution in [0.15, 0.2) is 48.5 Å². The van der Waals surface area contributed by atoms with E-state index in [1.807, 2.05) is 48.5 Å². The highest BCUT2D eigenvalue weighted by molar-refractivity contribution is 6.31. The summed E-state index contributed by atoms with van der Waals surface area (Å²) in [5, 5.41) is 1.54. The van der Waals surface area contributed by atoms with Gasteiger partial charge in [0.2, 0.25) is 0 Å². The molecule has 1 atom stereocenters. The molecule has 0 aliphatic heterocycles. The first-order valence-electron chi connectivity index (χ1n) is 5.91. The van der Waals surface area contributed by atoms with E-state index >= 15 is 0 Å². The fourth-order valence-corrected chi connectivity index (χ4v) is 2.25. The van der Waals surface area contributed by atoms with Gasteiger partial charge in [0.25, 0.3) is 0 Å². The third-order valence-electron chi connectivity index (χ3n) is 2.98. The summed E-state index contributed by atoms with van der Waals surface area (Å²) in [4.78, 5) is 0. The molecule has 0 amide bonds. The van der Waals surface area contributed by atoms with Crippen LogP contribution in [-0.4, -0.2) is 0 Å². The third-order valence-corrected chi connectivity index (χ3v) is 3.60. The number of hydrogen-bond acceptors (Lipinski definition) is 1. The van der Waals surface area contributed by atoms with Crippen molar-refractivity contribution in [3.63, 3.8) is 0 Å². The second-order valence-corrected chi connectivity index (χ2v) is 5.13. The van der Waals surface area contributed by atoms with Crippen molar-refractivity contribution < 1.29 is 0 Å². The lowest BCUT2D eigenvalue weighted by molar-refractivity contribution is 0.651. The number of halogens is 2. The molecule has 1 nitrogen and oxygen atoms in total. The van der Waals surface area contributed by atoms with Crippen LogP contribution in [0.3, 0.4) is 0 Å². The van der Waals surface area contributed by atoms with E-state index < -0.39 is 0 Å². The normalized spacial score (nSPS) is 12.4. The summed E-state index contributed by atoms with van der Waals surface area (Å²) in [5.41, 5.74) is 8.40. The topological polar surface area (TPSA) is 26.0 Å². The van der Waals surface area contributed by atoms with Crippen LogP contribution >= 0.6 is 23.2 Å². The highest BCUT2D eigenvalue weighted by Crippen LogP contribution is 2.22. The molecule has 0 saturated heterocycles. The van der Waals surface area contributed by atoms with Crippen LogP contribution < -0.4 is 5.73 Å². The molecule has 2 aromatic carbocycles. The van der Waals surface area contributed by atoms with Gasteiger partial charge in [-0.15, -0.1) is 0 Å². The van der Waals surface area contributed by atoms with Gasteiger partial charge in [-0.3, -0.25) is 0 Å². The number of aryl methyl sites for hydroxylation is 1. The molecule has 0 aliphatic carbocycles. The van der Waals surface area contributed by atoms with Crippen LogP contribution in [0.5, 0.6) is 0 Å². The zero-order chi connectivity index (χ0) is 13.0. The van der Waals surface area contributed by atoms with E-state index in [-0.39, 0.29) is 6.04 Å². The summed E-state index contributed by atoms with van der Waals surface area (Å²) in [6.45, 7) is 0. The number of benzene rings is 2. The van der Waals surface area contributed by atoms with Gasteiger partial charge in [-0.05, 0) is 42.2 Å². The van der Waals surface area contributed by atoms with Gasteiger partial charge in [-0.1, -0.05) is 53.5 Å². The van der Waals surface area contributed by atoms with Crippen molar-refractivity contribution in [1.29, 1.82) is 0 Å². The molecule has 0 saturated carbocycles. The minimum atomic E-state index is 0.0125. The zero-order valence-corrected chi connectivity index (χ0v) is 11.5. The monoisotopic (exact) mass is 279 g/mol. The molecule has 94 valence electrons. The maximum Gasteiger partial charge on any atom is 0.0437 e. The minimum absolute atomic E-state index is 0.0125. The van der Waals surface area contributed by atoms with Gasteiger partial charge >= 0.3 is 0 Å². The largest absolute Gasteiger partial charge is 0.324 e. The van der Waals surface area contributed by atoms with Crippen LogP contribution in [0.2, 0.25) is 10.0 Å². The summed E-state index contributed by atoms with van der Waals surface area (Å²) < 4.78 is 0. The van der Waals surface area contributed by atoms with Crippen LogP contribution in [0.25, 0.3) is 0 Å². The summed E-state index contributed by atoms with van der Waals surface area (Å²) in [6, 6.07) is 15.6. The van der Waals surface area contributed by atoms with Crippen molar-refractivity contribution in [2.24, 2.45) is 5.73 Å². The zero-order valence-electron chi connectivity index (χ0n) is 9.94. The van der Waals surface area contributed by atoms with E-state index in [0.29, 0.717) is 0 Å². The Hall–Kier alpha value is -1.02. The first-order chi connectivity index (χ1) is 8.66. The van der Waals surface area contributed by atoms with Gasteiger partial charge < -0.3 is 5.73 Å². The van der Waals surface area contributed by atoms with Crippen molar-refractivity contribution in [2.45, 2.75) is 18.9 Å². The Morgan fingerprint density at radius 1 is 0.944 bits per heavy atom. The fraction of sp³-hybridized carbons (Fsp3) is 0.200. The van der Waals surface area contributed by atoms with Crippen LogP contribution in [0, 0.1) is 0 Å².